The van der Waals surface area contributed by atoms with Gasteiger partial charge in [-0.05, 0) is 122 Å². The van der Waals surface area contributed by atoms with Crippen LogP contribution in [-0.4, -0.2) is 6.11 Å². The Morgan fingerprint density at radius 1 is 0.738 bits per heavy atom. The van der Waals surface area contributed by atoms with E-state index in [1.54, 1.807) is 24.3 Å². The largest absolute Gasteiger partial charge is 0.432 e. The highest BCUT2D eigenvalue weighted by atomic mass is 35.5. The summed E-state index contributed by atoms with van der Waals surface area (Å²) >= 11 is 5.75. The third-order valence-corrected chi connectivity index (χ3v) is 9.87. The highest BCUT2D eigenvalue weighted by Crippen LogP contribution is 2.45. The first kappa shape index (κ1) is 30.9. The highest BCUT2D eigenvalue weighted by Gasteiger charge is 2.44. The molecule has 0 unspecified atom stereocenters. The van der Waals surface area contributed by atoms with Crippen molar-refractivity contribution in [3.05, 3.63) is 88.4 Å². The molecule has 0 spiro atoms. The van der Waals surface area contributed by atoms with Crippen LogP contribution < -0.4 is 4.74 Å². The van der Waals surface area contributed by atoms with E-state index < -0.39 is 17.8 Å². The Kier molecular flexibility index (Phi) is 10.2. The molecule has 6 heteroatoms. The molecule has 42 heavy (non-hydrogen) atoms. The first-order chi connectivity index (χ1) is 20.2. The van der Waals surface area contributed by atoms with Crippen molar-refractivity contribution in [2.75, 3.05) is 0 Å². The summed E-state index contributed by atoms with van der Waals surface area (Å²) in [5.41, 5.74) is 3.01. The molecule has 0 aromatic heterocycles. The van der Waals surface area contributed by atoms with E-state index in [2.05, 4.69) is 13.0 Å². The quantitative estimate of drug-likeness (QED) is 0.166. The molecule has 0 N–H and O–H groups in total. The molecule has 0 aliphatic heterocycles. The summed E-state index contributed by atoms with van der Waals surface area (Å²) in [4.78, 5) is 0. The van der Waals surface area contributed by atoms with E-state index in [1.807, 2.05) is 6.07 Å². The molecule has 2 saturated carbocycles. The number of alkyl halides is 2. The van der Waals surface area contributed by atoms with Gasteiger partial charge in [0.15, 0.2) is 0 Å². The highest BCUT2D eigenvalue weighted by molar-refractivity contribution is 6.30. The van der Waals surface area contributed by atoms with Crippen molar-refractivity contribution in [1.29, 1.82) is 0 Å². The maximum Gasteiger partial charge on any atom is 0.400 e. The fourth-order valence-electron chi connectivity index (χ4n) is 6.97. The predicted molar refractivity (Wildman–Crippen MR) is 162 cm³/mol. The molecule has 1 nitrogen and oxygen atoms in total. The van der Waals surface area contributed by atoms with Crippen LogP contribution in [0.1, 0.15) is 107 Å². The number of halogens is 5. The zero-order chi connectivity index (χ0) is 29.7. The average Bonchev–Trinajstić information content (AvgIpc) is 2.99. The number of hydrogen-bond acceptors (Lipinski definition) is 1. The number of benzene rings is 3. The Morgan fingerprint density at radius 3 is 2.05 bits per heavy atom. The molecular formula is C36H41ClF4O. The van der Waals surface area contributed by atoms with Crippen LogP contribution in [-0.2, 0) is 0 Å². The van der Waals surface area contributed by atoms with E-state index in [4.69, 9.17) is 16.3 Å². The summed E-state index contributed by atoms with van der Waals surface area (Å²) in [5, 5.41) is 0.0263. The SMILES string of the molecule is CCCCCC1CCC(c2ccc(C3CCC(C(F)(F)Oc4ccc(-c5ccc(Cl)c(F)c5)cc4)CC3)c(F)c2)CC1. The summed E-state index contributed by atoms with van der Waals surface area (Å²) in [6.07, 6.45) is 8.10. The van der Waals surface area contributed by atoms with Crippen LogP contribution >= 0.6 is 11.6 Å². The Morgan fingerprint density at radius 2 is 1.40 bits per heavy atom. The second-order valence-electron chi connectivity index (χ2n) is 12.4. The number of hydrogen-bond donors (Lipinski definition) is 0. The first-order valence-electron chi connectivity index (χ1n) is 15.6. The first-order valence-corrected chi connectivity index (χ1v) is 16.0. The van der Waals surface area contributed by atoms with Gasteiger partial charge in [-0.3, -0.25) is 0 Å². The third-order valence-electron chi connectivity index (χ3n) is 9.56. The minimum atomic E-state index is -3.34. The van der Waals surface area contributed by atoms with Crippen molar-refractivity contribution in [3.63, 3.8) is 0 Å². The monoisotopic (exact) mass is 600 g/mol. The van der Waals surface area contributed by atoms with E-state index in [9.17, 15) is 4.39 Å². The number of rotatable bonds is 10. The summed E-state index contributed by atoms with van der Waals surface area (Å²) in [5.74, 6) is -0.435. The van der Waals surface area contributed by atoms with Crippen molar-refractivity contribution in [2.24, 2.45) is 11.8 Å². The van der Waals surface area contributed by atoms with Crippen LogP contribution in [0.5, 0.6) is 5.75 Å². The van der Waals surface area contributed by atoms with Crippen molar-refractivity contribution in [1.82, 2.24) is 0 Å². The minimum Gasteiger partial charge on any atom is -0.432 e. The van der Waals surface area contributed by atoms with Gasteiger partial charge in [-0.15, -0.1) is 0 Å². The molecule has 226 valence electrons. The molecule has 0 saturated heterocycles. The van der Waals surface area contributed by atoms with Gasteiger partial charge in [0, 0.05) is 0 Å². The van der Waals surface area contributed by atoms with Crippen LogP contribution in [0, 0.1) is 23.5 Å². The zero-order valence-corrected chi connectivity index (χ0v) is 25.1. The minimum absolute atomic E-state index is 0.0263. The summed E-state index contributed by atoms with van der Waals surface area (Å²) in [6, 6.07) is 16.3. The molecule has 2 aliphatic rings. The van der Waals surface area contributed by atoms with Crippen LogP contribution in [0.15, 0.2) is 60.7 Å². The molecular weight excluding hydrogens is 560 g/mol. The summed E-state index contributed by atoms with van der Waals surface area (Å²) in [6.45, 7) is 2.24. The molecule has 2 fully saturated rings. The fraction of sp³-hybridized carbons (Fsp3) is 0.500. The van der Waals surface area contributed by atoms with E-state index in [1.165, 1.54) is 62.8 Å². The second-order valence-corrected chi connectivity index (χ2v) is 12.8. The van der Waals surface area contributed by atoms with Crippen molar-refractivity contribution in [2.45, 2.75) is 102 Å². The molecule has 0 amide bonds. The van der Waals surface area contributed by atoms with Crippen LogP contribution in [0.2, 0.25) is 5.02 Å². The normalized spacial score (nSPS) is 23.1. The predicted octanol–water partition coefficient (Wildman–Crippen LogP) is 12.1. The summed E-state index contributed by atoms with van der Waals surface area (Å²) in [7, 11) is 0. The Bertz CT molecular complexity index is 1310. The van der Waals surface area contributed by atoms with Crippen LogP contribution in [0.4, 0.5) is 17.6 Å². The van der Waals surface area contributed by atoms with E-state index in [0.29, 0.717) is 35.4 Å². The van der Waals surface area contributed by atoms with E-state index >= 15 is 13.2 Å². The van der Waals surface area contributed by atoms with E-state index in [-0.39, 0.29) is 35.3 Å². The maximum absolute atomic E-state index is 15.3. The van der Waals surface area contributed by atoms with Crippen molar-refractivity contribution < 1.29 is 22.3 Å². The van der Waals surface area contributed by atoms with Crippen LogP contribution in [0.25, 0.3) is 11.1 Å². The van der Waals surface area contributed by atoms with Crippen molar-refractivity contribution in [3.8, 4) is 16.9 Å². The average molecular weight is 601 g/mol. The molecule has 5 rings (SSSR count). The zero-order valence-electron chi connectivity index (χ0n) is 24.4. The van der Waals surface area contributed by atoms with Gasteiger partial charge < -0.3 is 4.74 Å². The lowest BCUT2D eigenvalue weighted by atomic mass is 9.75. The summed E-state index contributed by atoms with van der Waals surface area (Å²) < 4.78 is 64.5. The molecule has 0 radical (unpaired) electrons. The van der Waals surface area contributed by atoms with Crippen LogP contribution in [0.3, 0.4) is 0 Å². The molecule has 3 aromatic rings. The van der Waals surface area contributed by atoms with Crippen molar-refractivity contribution >= 4 is 11.6 Å². The Labute approximate surface area is 252 Å². The Hall–Kier alpha value is -2.53. The van der Waals surface area contributed by atoms with Gasteiger partial charge in [-0.25, -0.2) is 8.78 Å². The molecule has 2 aliphatic carbocycles. The van der Waals surface area contributed by atoms with Gasteiger partial charge in [0.1, 0.15) is 17.4 Å². The standard InChI is InChI=1S/C36H41ClF4O/c1-2-3-4-5-24-6-8-25(9-7-24)28-14-20-32(34(38)22-28)27-10-16-30(17-11-27)36(40,41)42-31-18-12-26(13-19-31)29-15-21-33(37)35(39)23-29/h12-15,18-25,27,30H,2-11,16-17H2,1H3. The lowest BCUT2D eigenvalue weighted by Gasteiger charge is -2.34. The third kappa shape index (κ3) is 7.51. The molecule has 0 heterocycles. The number of ether oxygens (including phenoxy) is 1. The number of unbranched alkanes of at least 4 members (excludes halogenated alkanes) is 2. The van der Waals surface area contributed by atoms with E-state index in [0.717, 1.165) is 24.3 Å². The Balaban J connectivity index is 1.13. The van der Waals surface area contributed by atoms with Gasteiger partial charge >= 0.3 is 6.11 Å². The van der Waals surface area contributed by atoms with Gasteiger partial charge in [0.2, 0.25) is 0 Å². The molecule has 0 bridgehead atoms. The van der Waals surface area contributed by atoms with Gasteiger partial charge in [-0.1, -0.05) is 74.5 Å². The van der Waals surface area contributed by atoms with Gasteiger partial charge in [-0.2, -0.15) is 8.78 Å². The fourth-order valence-corrected chi connectivity index (χ4v) is 7.09. The lowest BCUT2D eigenvalue weighted by molar-refractivity contribution is -0.222. The van der Waals surface area contributed by atoms with Gasteiger partial charge in [0.05, 0.1) is 10.9 Å². The maximum atomic E-state index is 15.3. The van der Waals surface area contributed by atoms with Gasteiger partial charge in [0.25, 0.3) is 0 Å². The molecule has 0 atom stereocenters. The lowest BCUT2D eigenvalue weighted by Crippen LogP contribution is -2.37. The molecule has 3 aromatic carbocycles. The topological polar surface area (TPSA) is 9.23 Å². The second kappa shape index (κ2) is 13.8. The smallest absolute Gasteiger partial charge is 0.400 e.